The number of amides is 4. The zero-order valence-electron chi connectivity index (χ0n) is 31.6. The van der Waals surface area contributed by atoms with Gasteiger partial charge in [-0.2, -0.15) is 0 Å². The number of hydrogen-bond donors (Lipinski definition) is 1. The molecule has 0 spiro atoms. The highest BCUT2D eigenvalue weighted by molar-refractivity contribution is 6.32. The number of methoxy groups -OCH3 is 2. The van der Waals surface area contributed by atoms with Crippen LogP contribution in [-0.2, 0) is 19.2 Å². The summed E-state index contributed by atoms with van der Waals surface area (Å²) in [7, 11) is 3.11. The summed E-state index contributed by atoms with van der Waals surface area (Å²) >= 11 is 6.06. The number of ether oxygens (including phenoxy) is 3. The second kappa shape index (κ2) is 14.6. The lowest BCUT2D eigenvalue weighted by molar-refractivity contribution is -0.274. The van der Waals surface area contributed by atoms with E-state index in [-0.39, 0.29) is 29.1 Å². The molecular weight excluding hydrogens is 796 g/mol. The topological polar surface area (TPSA) is 123 Å². The minimum Gasteiger partial charge on any atom is -0.508 e. The molecular formula is C44H35ClF4N2O8. The van der Waals surface area contributed by atoms with E-state index in [1.807, 2.05) is 18.2 Å². The van der Waals surface area contributed by atoms with Gasteiger partial charge in [0.2, 0.25) is 23.6 Å². The van der Waals surface area contributed by atoms with Gasteiger partial charge >= 0.3 is 6.36 Å². The maximum Gasteiger partial charge on any atom is 0.573 e. The molecule has 2 aliphatic carbocycles. The third-order valence-corrected chi connectivity index (χ3v) is 12.3. The van der Waals surface area contributed by atoms with Crippen LogP contribution in [0.25, 0.3) is 12.2 Å². The number of aromatic hydroxyl groups is 1. The molecule has 2 saturated heterocycles. The molecule has 6 atom stereocenters. The average Bonchev–Trinajstić information content (AvgIpc) is 3.57. The number of anilines is 2. The van der Waals surface area contributed by atoms with Crippen molar-refractivity contribution < 1.29 is 56.1 Å². The fraction of sp³-hybridized carbons (Fsp3) is 0.273. The van der Waals surface area contributed by atoms with E-state index in [9.17, 15) is 41.8 Å². The maximum absolute atomic E-state index is 14.7. The van der Waals surface area contributed by atoms with Crippen LogP contribution < -0.4 is 24.0 Å². The fourth-order valence-corrected chi connectivity index (χ4v) is 9.51. The van der Waals surface area contributed by atoms with Gasteiger partial charge in [-0.05, 0) is 98.0 Å². The van der Waals surface area contributed by atoms with Gasteiger partial charge in [-0.25, -0.2) is 9.29 Å². The molecule has 0 bridgehead atoms. The normalized spacial score (nSPS) is 25.2. The van der Waals surface area contributed by atoms with Crippen LogP contribution >= 0.6 is 11.6 Å². The van der Waals surface area contributed by atoms with Gasteiger partial charge < -0.3 is 19.3 Å². The number of rotatable bonds is 8. The van der Waals surface area contributed by atoms with E-state index in [1.54, 1.807) is 56.7 Å². The number of benzene rings is 4. The number of halogens is 5. The van der Waals surface area contributed by atoms with Crippen LogP contribution in [0.2, 0.25) is 5.02 Å². The SMILES string of the molecule is COc1ccc(OC)c(C=Cc2ccc(N3C(=O)C4CC=C5C(CC6C(=O)N(c7ccc(F)c(Cl)c7)C(=O)C6(C)C5c5cc(OC(F)(F)F)ccc5O)C4C3=O)cc2)c1. The monoisotopic (exact) mass is 830 g/mol. The number of carbonyl (C=O) groups is 4. The Morgan fingerprint density at radius 2 is 1.53 bits per heavy atom. The summed E-state index contributed by atoms with van der Waals surface area (Å²) in [6.45, 7) is 1.49. The first-order valence-corrected chi connectivity index (χ1v) is 18.9. The molecule has 2 heterocycles. The van der Waals surface area contributed by atoms with E-state index in [0.29, 0.717) is 22.8 Å². The van der Waals surface area contributed by atoms with Gasteiger partial charge in [-0.15, -0.1) is 13.2 Å². The van der Waals surface area contributed by atoms with Gasteiger partial charge in [-0.3, -0.25) is 24.1 Å². The Balaban J connectivity index is 1.16. The van der Waals surface area contributed by atoms with Crippen molar-refractivity contribution in [3.63, 3.8) is 0 Å². The maximum atomic E-state index is 14.7. The Morgan fingerprint density at radius 1 is 0.814 bits per heavy atom. The Morgan fingerprint density at radius 3 is 2.20 bits per heavy atom. The van der Waals surface area contributed by atoms with Crippen LogP contribution in [0.1, 0.15) is 42.4 Å². The first-order chi connectivity index (χ1) is 28.0. The van der Waals surface area contributed by atoms with Crippen molar-refractivity contribution in [1.29, 1.82) is 0 Å². The quantitative estimate of drug-likeness (QED) is 0.0811. The molecule has 10 nitrogen and oxygen atoms in total. The lowest BCUT2D eigenvalue weighted by Crippen LogP contribution is -2.49. The number of fused-ring (bicyclic) bond motifs is 4. The lowest BCUT2D eigenvalue weighted by atomic mass is 9.51. The molecule has 15 heteroatoms. The highest BCUT2D eigenvalue weighted by Crippen LogP contribution is 2.65. The summed E-state index contributed by atoms with van der Waals surface area (Å²) in [5.41, 5.74) is 0.333. The second-order valence-corrected chi connectivity index (χ2v) is 15.5. The van der Waals surface area contributed by atoms with E-state index in [1.165, 1.54) is 13.0 Å². The van der Waals surface area contributed by atoms with E-state index < -0.39 is 82.3 Å². The third-order valence-electron chi connectivity index (χ3n) is 12.0. The molecule has 1 N–H and O–H groups in total. The van der Waals surface area contributed by atoms with Crippen molar-refractivity contribution in [2.24, 2.45) is 29.1 Å². The van der Waals surface area contributed by atoms with Gasteiger partial charge in [0.25, 0.3) is 0 Å². The zero-order valence-corrected chi connectivity index (χ0v) is 32.4. The lowest BCUT2D eigenvalue weighted by Gasteiger charge is -2.49. The van der Waals surface area contributed by atoms with Crippen LogP contribution in [-0.4, -0.2) is 49.3 Å². The minimum atomic E-state index is -5.09. The number of carbonyl (C=O) groups excluding carboxylic acids is 4. The number of allylic oxidation sites excluding steroid dienone is 2. The van der Waals surface area contributed by atoms with E-state index >= 15 is 0 Å². The average molecular weight is 831 g/mol. The molecule has 1 saturated carbocycles. The van der Waals surface area contributed by atoms with Gasteiger partial charge in [0.05, 0.1) is 53.8 Å². The molecule has 4 amide bonds. The van der Waals surface area contributed by atoms with Crippen molar-refractivity contribution in [2.75, 3.05) is 24.0 Å². The summed E-state index contributed by atoms with van der Waals surface area (Å²) in [6.07, 6.45) is 0.220. The zero-order chi connectivity index (χ0) is 42.1. The van der Waals surface area contributed by atoms with Crippen molar-refractivity contribution in [3.05, 3.63) is 118 Å². The predicted molar refractivity (Wildman–Crippen MR) is 208 cm³/mol. The molecule has 4 aromatic carbocycles. The minimum absolute atomic E-state index is 0.0341. The van der Waals surface area contributed by atoms with Gasteiger partial charge in [0.15, 0.2) is 0 Å². The van der Waals surface area contributed by atoms with Crippen molar-refractivity contribution in [2.45, 2.75) is 32.0 Å². The summed E-state index contributed by atoms with van der Waals surface area (Å²) in [4.78, 5) is 59.8. The highest BCUT2D eigenvalue weighted by atomic mass is 35.5. The second-order valence-electron chi connectivity index (χ2n) is 15.1. The van der Waals surface area contributed by atoms with Crippen LogP contribution in [0.3, 0.4) is 0 Å². The largest absolute Gasteiger partial charge is 0.573 e. The van der Waals surface area contributed by atoms with Gasteiger partial charge in [-0.1, -0.05) is 47.5 Å². The molecule has 8 rings (SSSR count). The molecule has 2 aliphatic heterocycles. The Bertz CT molecular complexity index is 2490. The highest BCUT2D eigenvalue weighted by Gasteiger charge is 2.68. The van der Waals surface area contributed by atoms with Crippen molar-refractivity contribution in [3.8, 4) is 23.0 Å². The number of phenolic OH excluding ortho intramolecular Hbond substituents is 1. The molecule has 0 radical (unpaired) electrons. The molecule has 4 aromatic rings. The van der Waals surface area contributed by atoms with Crippen molar-refractivity contribution in [1.82, 2.24) is 0 Å². The summed E-state index contributed by atoms with van der Waals surface area (Å²) in [5, 5.41) is 10.9. The third kappa shape index (κ3) is 6.59. The first-order valence-electron chi connectivity index (χ1n) is 18.6. The van der Waals surface area contributed by atoms with E-state index in [2.05, 4.69) is 4.74 Å². The number of alkyl halides is 3. The van der Waals surface area contributed by atoms with Gasteiger partial charge in [0.1, 0.15) is 28.8 Å². The summed E-state index contributed by atoms with van der Waals surface area (Å²) in [6, 6.07) is 18.3. The molecule has 4 aliphatic rings. The standard InChI is InChI=1S/C44H35ClF4N2O8/c1-43-32(40(54)51(42(43)56)25-10-15-34(46)33(45)19-25)21-30-28(38(43)31-20-27(11-16-35(31)52)59-44(47,48)49)13-14-29-37(30)41(55)50(39(29)53)24-8-5-22(6-9-24)4-7-23-18-26(57-2)12-17-36(23)58-3/h4-13,15-20,29-30,32,37-38,52H,14,21H2,1-3H3. The molecule has 59 heavy (non-hydrogen) atoms. The molecule has 3 fully saturated rings. The van der Waals surface area contributed by atoms with Gasteiger partial charge in [0, 0.05) is 17.0 Å². The van der Waals surface area contributed by atoms with Crippen LogP contribution in [0, 0.1) is 34.9 Å². The number of imide groups is 2. The van der Waals surface area contributed by atoms with E-state index in [0.717, 1.165) is 51.3 Å². The predicted octanol–water partition coefficient (Wildman–Crippen LogP) is 8.71. The number of nitrogens with zero attached hydrogens (tertiary/aromatic N) is 2. The Hall–Kier alpha value is -6.15. The smallest absolute Gasteiger partial charge is 0.508 e. The Kier molecular flexibility index (Phi) is 9.81. The van der Waals surface area contributed by atoms with Crippen molar-refractivity contribution >= 4 is 58.8 Å². The summed E-state index contributed by atoms with van der Waals surface area (Å²) < 4.78 is 69.6. The Labute approximate surface area is 340 Å². The first kappa shape index (κ1) is 39.7. The number of phenols is 1. The van der Waals surface area contributed by atoms with E-state index in [4.69, 9.17) is 21.1 Å². The van der Waals surface area contributed by atoms with Crippen LogP contribution in [0.5, 0.6) is 23.0 Å². The molecule has 0 aromatic heterocycles. The number of hydrogen-bond acceptors (Lipinski definition) is 8. The molecule has 304 valence electrons. The fourth-order valence-electron chi connectivity index (χ4n) is 9.34. The van der Waals surface area contributed by atoms with Crippen LogP contribution in [0.4, 0.5) is 28.9 Å². The summed E-state index contributed by atoms with van der Waals surface area (Å²) in [5.74, 6) is -8.34. The molecule has 6 unspecified atom stereocenters. The van der Waals surface area contributed by atoms with Crippen LogP contribution in [0.15, 0.2) is 90.5 Å².